The number of carbonyl (C=O) groups excluding carboxylic acids is 1. The Balaban J connectivity index is 1.97. The molecule has 0 heterocycles. The van der Waals surface area contributed by atoms with Gasteiger partial charge in [-0.1, -0.05) is 24.3 Å². The molecule has 5 heteroatoms. The molecule has 2 unspecified atom stereocenters. The van der Waals surface area contributed by atoms with Crippen LogP contribution in [0.3, 0.4) is 0 Å². The maximum atomic E-state index is 12.9. The zero-order valence-corrected chi connectivity index (χ0v) is 12.3. The van der Waals surface area contributed by atoms with E-state index < -0.39 is 12.0 Å². The number of carbonyl (C=O) groups is 1. The number of rotatable bonds is 6. The topological polar surface area (TPSA) is 75.3 Å². The molecule has 22 heavy (non-hydrogen) atoms. The molecule has 2 atom stereocenters. The lowest BCUT2D eigenvalue weighted by Crippen LogP contribution is -2.31. The molecule has 2 aromatic carbocycles. The van der Waals surface area contributed by atoms with Crippen molar-refractivity contribution >= 4 is 5.91 Å². The van der Waals surface area contributed by atoms with Crippen LogP contribution in [0.25, 0.3) is 0 Å². The summed E-state index contributed by atoms with van der Waals surface area (Å²) < 4.78 is 12.9. The summed E-state index contributed by atoms with van der Waals surface area (Å²) in [5.41, 5.74) is 7.24. The number of aliphatic hydroxyl groups excluding tert-OH is 1. The van der Waals surface area contributed by atoms with Gasteiger partial charge in [0.2, 0.25) is 5.91 Å². The fraction of sp³-hybridized carbons (Fsp3) is 0.235. The van der Waals surface area contributed by atoms with Gasteiger partial charge in [0.05, 0.1) is 6.10 Å². The number of nitrogens with two attached hydrogens (primary N) is 1. The molecule has 0 bridgehead atoms. The van der Waals surface area contributed by atoms with E-state index in [1.807, 2.05) is 13.0 Å². The van der Waals surface area contributed by atoms with E-state index in [2.05, 4.69) is 5.32 Å². The van der Waals surface area contributed by atoms with Crippen LogP contribution in [0, 0.1) is 5.82 Å². The third kappa shape index (κ3) is 4.13. The molecule has 2 aromatic rings. The van der Waals surface area contributed by atoms with Gasteiger partial charge in [0.15, 0.2) is 0 Å². The van der Waals surface area contributed by atoms with Gasteiger partial charge in [-0.2, -0.15) is 0 Å². The van der Waals surface area contributed by atoms with Gasteiger partial charge in [0, 0.05) is 18.2 Å². The van der Waals surface area contributed by atoms with E-state index in [0.717, 1.165) is 5.56 Å². The Hall–Kier alpha value is -2.24. The van der Waals surface area contributed by atoms with Crippen LogP contribution in [-0.4, -0.2) is 17.1 Å². The van der Waals surface area contributed by atoms with E-state index in [9.17, 15) is 14.3 Å². The van der Waals surface area contributed by atoms with Crippen molar-refractivity contribution < 1.29 is 14.3 Å². The summed E-state index contributed by atoms with van der Waals surface area (Å²) in [4.78, 5) is 11.1. The molecular weight excluding hydrogens is 283 g/mol. The number of primary amides is 1. The SMILES string of the molecule is CC(NCc1cccc(C(N)=O)c1)C(O)c1ccc(F)cc1. The second-order valence-corrected chi connectivity index (χ2v) is 5.23. The monoisotopic (exact) mass is 302 g/mol. The highest BCUT2D eigenvalue weighted by Gasteiger charge is 2.16. The molecule has 0 aromatic heterocycles. The number of nitrogens with one attached hydrogen (secondary N) is 1. The Kier molecular flexibility index (Phi) is 5.25. The fourth-order valence-electron chi connectivity index (χ4n) is 2.17. The van der Waals surface area contributed by atoms with Crippen molar-refractivity contribution in [3.8, 4) is 0 Å². The van der Waals surface area contributed by atoms with Gasteiger partial charge in [-0.05, 0) is 42.3 Å². The Morgan fingerprint density at radius 2 is 1.95 bits per heavy atom. The van der Waals surface area contributed by atoms with Crippen molar-refractivity contribution in [1.82, 2.24) is 5.32 Å². The zero-order chi connectivity index (χ0) is 16.1. The van der Waals surface area contributed by atoms with E-state index in [4.69, 9.17) is 5.73 Å². The van der Waals surface area contributed by atoms with E-state index in [-0.39, 0.29) is 11.9 Å². The van der Waals surface area contributed by atoms with Gasteiger partial charge >= 0.3 is 0 Å². The minimum Gasteiger partial charge on any atom is -0.387 e. The molecule has 0 aliphatic carbocycles. The second kappa shape index (κ2) is 7.15. The Labute approximate surface area is 128 Å². The van der Waals surface area contributed by atoms with Crippen molar-refractivity contribution in [3.05, 3.63) is 71.0 Å². The quantitative estimate of drug-likeness (QED) is 0.765. The molecule has 116 valence electrons. The van der Waals surface area contributed by atoms with Gasteiger partial charge in [-0.3, -0.25) is 4.79 Å². The van der Waals surface area contributed by atoms with E-state index in [0.29, 0.717) is 17.7 Å². The van der Waals surface area contributed by atoms with Crippen LogP contribution in [-0.2, 0) is 6.54 Å². The first-order valence-electron chi connectivity index (χ1n) is 7.03. The summed E-state index contributed by atoms with van der Waals surface area (Å²) in [7, 11) is 0. The predicted molar refractivity (Wildman–Crippen MR) is 82.6 cm³/mol. The summed E-state index contributed by atoms with van der Waals surface area (Å²) in [6, 6.07) is 12.5. The molecule has 4 N–H and O–H groups in total. The van der Waals surface area contributed by atoms with Crippen LogP contribution < -0.4 is 11.1 Å². The average molecular weight is 302 g/mol. The fourth-order valence-corrected chi connectivity index (χ4v) is 2.17. The third-order valence-corrected chi connectivity index (χ3v) is 3.52. The molecular formula is C17H19FN2O2. The van der Waals surface area contributed by atoms with Crippen LogP contribution in [0.5, 0.6) is 0 Å². The molecule has 4 nitrogen and oxygen atoms in total. The first-order chi connectivity index (χ1) is 10.5. The Morgan fingerprint density at radius 3 is 2.59 bits per heavy atom. The number of hydrogen-bond acceptors (Lipinski definition) is 3. The van der Waals surface area contributed by atoms with E-state index in [1.165, 1.54) is 12.1 Å². The predicted octanol–water partition coefficient (Wildman–Crippen LogP) is 2.14. The summed E-state index contributed by atoms with van der Waals surface area (Å²) >= 11 is 0. The molecule has 0 radical (unpaired) electrons. The van der Waals surface area contributed by atoms with Crippen molar-refractivity contribution in [2.24, 2.45) is 5.73 Å². The summed E-state index contributed by atoms with van der Waals surface area (Å²) in [6.45, 7) is 2.33. The van der Waals surface area contributed by atoms with Crippen molar-refractivity contribution in [1.29, 1.82) is 0 Å². The Bertz CT molecular complexity index is 643. The van der Waals surface area contributed by atoms with Crippen LogP contribution in [0.4, 0.5) is 4.39 Å². The van der Waals surface area contributed by atoms with E-state index >= 15 is 0 Å². The van der Waals surface area contributed by atoms with Crippen molar-refractivity contribution in [3.63, 3.8) is 0 Å². The highest BCUT2D eigenvalue weighted by Crippen LogP contribution is 2.17. The average Bonchev–Trinajstić information content (AvgIpc) is 2.53. The lowest BCUT2D eigenvalue weighted by Gasteiger charge is -2.21. The lowest BCUT2D eigenvalue weighted by molar-refractivity contribution is 0.1000. The van der Waals surface area contributed by atoms with E-state index in [1.54, 1.807) is 30.3 Å². The number of aliphatic hydroxyl groups is 1. The molecule has 1 amide bonds. The van der Waals surface area contributed by atoms with Crippen molar-refractivity contribution in [2.75, 3.05) is 0 Å². The number of halogens is 1. The zero-order valence-electron chi connectivity index (χ0n) is 12.3. The van der Waals surface area contributed by atoms with Crippen molar-refractivity contribution in [2.45, 2.75) is 25.6 Å². The molecule has 0 aliphatic heterocycles. The number of amides is 1. The molecule has 0 fully saturated rings. The number of benzene rings is 2. The second-order valence-electron chi connectivity index (χ2n) is 5.23. The first kappa shape index (κ1) is 16.1. The summed E-state index contributed by atoms with van der Waals surface area (Å²) in [5, 5.41) is 13.4. The first-order valence-corrected chi connectivity index (χ1v) is 7.03. The van der Waals surface area contributed by atoms with Gasteiger partial charge in [0.25, 0.3) is 0 Å². The molecule has 0 spiro atoms. The van der Waals surface area contributed by atoms with Crippen LogP contribution in [0.1, 0.15) is 34.5 Å². The standard InChI is InChI=1S/C17H19FN2O2/c1-11(16(21)13-5-7-15(18)8-6-13)20-10-12-3-2-4-14(9-12)17(19)22/h2-9,11,16,20-21H,10H2,1H3,(H2,19,22). The van der Waals surface area contributed by atoms with Crippen LogP contribution in [0.15, 0.2) is 48.5 Å². The molecule has 2 rings (SSSR count). The van der Waals surface area contributed by atoms with Gasteiger partial charge < -0.3 is 16.2 Å². The third-order valence-electron chi connectivity index (χ3n) is 3.52. The van der Waals surface area contributed by atoms with Gasteiger partial charge in [-0.15, -0.1) is 0 Å². The van der Waals surface area contributed by atoms with Gasteiger partial charge in [-0.25, -0.2) is 4.39 Å². The molecule has 0 saturated carbocycles. The van der Waals surface area contributed by atoms with Crippen LogP contribution >= 0.6 is 0 Å². The number of hydrogen-bond donors (Lipinski definition) is 3. The highest BCUT2D eigenvalue weighted by atomic mass is 19.1. The summed E-state index contributed by atoms with van der Waals surface area (Å²) in [6.07, 6.45) is -0.750. The normalized spacial score (nSPS) is 13.6. The molecule has 0 saturated heterocycles. The molecule has 0 aliphatic rings. The minimum atomic E-state index is -0.750. The minimum absolute atomic E-state index is 0.234. The smallest absolute Gasteiger partial charge is 0.248 e. The maximum absolute atomic E-state index is 12.9. The summed E-state index contributed by atoms with van der Waals surface area (Å²) in [5.74, 6) is -0.805. The Morgan fingerprint density at radius 1 is 1.27 bits per heavy atom. The maximum Gasteiger partial charge on any atom is 0.248 e. The lowest BCUT2D eigenvalue weighted by atomic mass is 10.0. The largest absolute Gasteiger partial charge is 0.387 e. The van der Waals surface area contributed by atoms with Gasteiger partial charge in [0.1, 0.15) is 5.82 Å². The van der Waals surface area contributed by atoms with Crippen LogP contribution in [0.2, 0.25) is 0 Å². The highest BCUT2D eigenvalue weighted by molar-refractivity contribution is 5.92.